The van der Waals surface area contributed by atoms with Gasteiger partial charge in [0.25, 0.3) is 0 Å². The van der Waals surface area contributed by atoms with Crippen molar-refractivity contribution >= 4 is 11.7 Å². The van der Waals surface area contributed by atoms with Crippen LogP contribution in [0.5, 0.6) is 0 Å². The van der Waals surface area contributed by atoms with Crippen LogP contribution in [0.4, 0.5) is 0 Å². The van der Waals surface area contributed by atoms with Crippen LogP contribution in [0.1, 0.15) is 32.1 Å². The molecule has 0 aromatic carbocycles. The molecular weight excluding hydrogens is 182 g/mol. The number of nitrogens with zero attached hydrogens (tertiary/aromatic N) is 1. The molecule has 0 amide bonds. The number of hydrogen-bond donors (Lipinski definition) is 1. The highest BCUT2D eigenvalue weighted by molar-refractivity contribution is 6.36. The van der Waals surface area contributed by atoms with E-state index in [0.29, 0.717) is 12.3 Å². The second-order valence-corrected chi connectivity index (χ2v) is 4.76. The zero-order valence-electron chi connectivity index (χ0n) is 7.90. The first kappa shape index (κ1) is 8.26. The molecular formula is C10H13NO3. The molecule has 3 atom stereocenters. The van der Waals surface area contributed by atoms with Crippen LogP contribution in [0, 0.1) is 11.8 Å². The van der Waals surface area contributed by atoms with E-state index >= 15 is 0 Å². The third kappa shape index (κ3) is 0.938. The van der Waals surface area contributed by atoms with Gasteiger partial charge in [-0.1, -0.05) is 5.16 Å². The van der Waals surface area contributed by atoms with Crippen molar-refractivity contribution in [1.29, 1.82) is 0 Å². The van der Waals surface area contributed by atoms with E-state index in [2.05, 4.69) is 5.16 Å². The highest BCUT2D eigenvalue weighted by Gasteiger charge is 2.56. The van der Waals surface area contributed by atoms with Crippen molar-refractivity contribution in [1.82, 2.24) is 0 Å². The molecule has 1 heterocycles. The smallest absolute Gasteiger partial charge is 0.353 e. The summed E-state index contributed by atoms with van der Waals surface area (Å²) in [4.78, 5) is 16.2. The lowest BCUT2D eigenvalue weighted by Gasteiger charge is -2.30. The molecule has 2 fully saturated rings. The number of carboxylic acids is 1. The van der Waals surface area contributed by atoms with Gasteiger partial charge in [-0.05, 0) is 31.6 Å². The molecule has 4 heteroatoms. The predicted molar refractivity (Wildman–Crippen MR) is 49.0 cm³/mol. The number of hydrogen-bond acceptors (Lipinski definition) is 3. The molecule has 4 nitrogen and oxygen atoms in total. The SMILES string of the molecule is O=C(O)C1=NOC2(C1)CC1CCC2C1. The van der Waals surface area contributed by atoms with Gasteiger partial charge in [-0.15, -0.1) is 0 Å². The highest BCUT2D eigenvalue weighted by Crippen LogP contribution is 2.55. The summed E-state index contributed by atoms with van der Waals surface area (Å²) in [5.41, 5.74) is -0.0195. The summed E-state index contributed by atoms with van der Waals surface area (Å²) in [6, 6.07) is 0. The van der Waals surface area contributed by atoms with Crippen LogP contribution in [0.3, 0.4) is 0 Å². The fourth-order valence-electron chi connectivity index (χ4n) is 3.33. The summed E-state index contributed by atoms with van der Waals surface area (Å²) in [6.07, 6.45) is 5.22. The monoisotopic (exact) mass is 195 g/mol. The van der Waals surface area contributed by atoms with E-state index in [1.165, 1.54) is 19.3 Å². The minimum Gasteiger partial charge on any atom is -0.477 e. The topological polar surface area (TPSA) is 58.9 Å². The Morgan fingerprint density at radius 2 is 2.43 bits per heavy atom. The van der Waals surface area contributed by atoms with Crippen molar-refractivity contribution in [3.63, 3.8) is 0 Å². The Morgan fingerprint density at radius 3 is 2.93 bits per heavy atom. The molecule has 1 N–H and O–H groups in total. The molecule has 14 heavy (non-hydrogen) atoms. The number of carboxylic acid groups (broad SMARTS) is 1. The minimum atomic E-state index is -0.926. The lowest BCUT2D eigenvalue weighted by Crippen LogP contribution is -2.36. The number of oxime groups is 1. The molecule has 1 aliphatic heterocycles. The van der Waals surface area contributed by atoms with Crippen LogP contribution in [-0.4, -0.2) is 22.4 Å². The Bertz CT molecular complexity index is 325. The lowest BCUT2D eigenvalue weighted by molar-refractivity contribution is -0.129. The van der Waals surface area contributed by atoms with Gasteiger partial charge in [0, 0.05) is 12.3 Å². The van der Waals surface area contributed by atoms with Crippen molar-refractivity contribution < 1.29 is 14.7 Å². The first-order valence-electron chi connectivity index (χ1n) is 5.18. The Hall–Kier alpha value is -1.06. The molecule has 2 aliphatic carbocycles. The molecule has 0 aromatic rings. The molecule has 1 spiro atoms. The Labute approximate surface area is 81.9 Å². The molecule has 0 radical (unpaired) electrons. The Kier molecular flexibility index (Phi) is 1.47. The van der Waals surface area contributed by atoms with Crippen LogP contribution in [-0.2, 0) is 9.63 Å². The minimum absolute atomic E-state index is 0.206. The average Bonchev–Trinajstić information content (AvgIpc) is 2.79. The Balaban J connectivity index is 1.81. The molecule has 0 saturated heterocycles. The van der Waals surface area contributed by atoms with Gasteiger partial charge in [-0.3, -0.25) is 0 Å². The van der Waals surface area contributed by atoms with Gasteiger partial charge >= 0.3 is 5.97 Å². The molecule has 2 saturated carbocycles. The number of rotatable bonds is 1. The standard InChI is InChI=1S/C10H13NO3/c12-9(13)8-5-10(14-11-8)4-6-1-2-7(10)3-6/h6-7H,1-5H2,(H,12,13). The van der Waals surface area contributed by atoms with Crippen LogP contribution in [0.25, 0.3) is 0 Å². The quantitative estimate of drug-likeness (QED) is 0.688. The maximum Gasteiger partial charge on any atom is 0.353 e. The maximum absolute atomic E-state index is 10.7. The molecule has 3 rings (SSSR count). The average molecular weight is 195 g/mol. The first-order valence-corrected chi connectivity index (χ1v) is 5.18. The number of carbonyl (C=O) groups is 1. The second-order valence-electron chi connectivity index (χ2n) is 4.76. The van der Waals surface area contributed by atoms with Crippen molar-refractivity contribution in [2.24, 2.45) is 17.0 Å². The summed E-state index contributed by atoms with van der Waals surface area (Å²) >= 11 is 0. The van der Waals surface area contributed by atoms with E-state index in [0.717, 1.165) is 12.3 Å². The van der Waals surface area contributed by atoms with Crippen molar-refractivity contribution in [2.45, 2.75) is 37.7 Å². The maximum atomic E-state index is 10.7. The van der Waals surface area contributed by atoms with Gasteiger partial charge in [0.05, 0.1) is 0 Å². The second kappa shape index (κ2) is 2.49. The van der Waals surface area contributed by atoms with Crippen molar-refractivity contribution in [3.8, 4) is 0 Å². The van der Waals surface area contributed by atoms with Gasteiger partial charge < -0.3 is 9.94 Å². The van der Waals surface area contributed by atoms with E-state index in [9.17, 15) is 4.79 Å². The van der Waals surface area contributed by atoms with Gasteiger partial charge in [0.1, 0.15) is 5.60 Å². The highest BCUT2D eigenvalue weighted by atomic mass is 16.7. The van der Waals surface area contributed by atoms with Gasteiger partial charge in [-0.2, -0.15) is 0 Å². The van der Waals surface area contributed by atoms with Gasteiger partial charge in [-0.25, -0.2) is 4.79 Å². The third-order valence-corrected chi connectivity index (χ3v) is 3.97. The molecule has 0 aromatic heterocycles. The summed E-state index contributed by atoms with van der Waals surface area (Å²) in [5, 5.41) is 12.5. The molecule has 3 unspecified atom stereocenters. The van der Waals surface area contributed by atoms with E-state index in [-0.39, 0.29) is 11.3 Å². The van der Waals surface area contributed by atoms with Gasteiger partial charge in [0.15, 0.2) is 5.71 Å². The zero-order valence-corrected chi connectivity index (χ0v) is 7.90. The third-order valence-electron chi connectivity index (χ3n) is 3.97. The van der Waals surface area contributed by atoms with Crippen molar-refractivity contribution in [3.05, 3.63) is 0 Å². The Morgan fingerprint density at radius 1 is 1.57 bits per heavy atom. The fourth-order valence-corrected chi connectivity index (χ4v) is 3.33. The van der Waals surface area contributed by atoms with E-state index in [1.807, 2.05) is 0 Å². The summed E-state index contributed by atoms with van der Waals surface area (Å²) in [7, 11) is 0. The summed E-state index contributed by atoms with van der Waals surface area (Å²) in [6.45, 7) is 0. The zero-order chi connectivity index (χ0) is 9.76. The van der Waals surface area contributed by atoms with Gasteiger partial charge in [0.2, 0.25) is 0 Å². The molecule has 76 valence electrons. The molecule has 2 bridgehead atoms. The number of aliphatic carboxylic acids is 1. The van der Waals surface area contributed by atoms with Crippen LogP contribution in [0.2, 0.25) is 0 Å². The fraction of sp³-hybridized carbons (Fsp3) is 0.800. The van der Waals surface area contributed by atoms with E-state index in [1.54, 1.807) is 0 Å². The van der Waals surface area contributed by atoms with Crippen molar-refractivity contribution in [2.75, 3.05) is 0 Å². The largest absolute Gasteiger partial charge is 0.477 e. The van der Waals surface area contributed by atoms with Crippen LogP contribution < -0.4 is 0 Å². The lowest BCUT2D eigenvalue weighted by atomic mass is 9.81. The molecule has 3 aliphatic rings. The first-order chi connectivity index (χ1) is 6.70. The van der Waals surface area contributed by atoms with Crippen LogP contribution >= 0.6 is 0 Å². The van der Waals surface area contributed by atoms with E-state index < -0.39 is 5.97 Å². The normalized spacial score (nSPS) is 44.1. The number of fused-ring (bicyclic) bond motifs is 3. The summed E-state index contributed by atoms with van der Waals surface area (Å²) < 4.78 is 0. The van der Waals surface area contributed by atoms with Crippen LogP contribution in [0.15, 0.2) is 5.16 Å². The predicted octanol–water partition coefficient (Wildman–Crippen LogP) is 1.41. The summed E-state index contributed by atoms with van der Waals surface area (Å²) in [5.74, 6) is 0.376. The van der Waals surface area contributed by atoms with E-state index in [4.69, 9.17) is 9.94 Å².